The van der Waals surface area contributed by atoms with Gasteiger partial charge in [0.2, 0.25) is 0 Å². The van der Waals surface area contributed by atoms with Crippen molar-refractivity contribution in [2.75, 3.05) is 6.54 Å². The SMILES string of the molecule is O=C(c1ccc(C(F)(F)F)cc1)N1C[C@@H]1C1CCCCC1. The van der Waals surface area contributed by atoms with Crippen molar-refractivity contribution in [2.45, 2.75) is 44.3 Å². The Balaban J connectivity index is 1.64. The molecule has 2 aliphatic rings. The smallest absolute Gasteiger partial charge is 0.332 e. The van der Waals surface area contributed by atoms with E-state index < -0.39 is 11.7 Å². The highest BCUT2D eigenvalue weighted by Gasteiger charge is 2.44. The number of halogens is 3. The third-order valence-corrected chi connectivity index (χ3v) is 4.56. The molecule has 1 saturated heterocycles. The zero-order valence-corrected chi connectivity index (χ0v) is 11.7. The largest absolute Gasteiger partial charge is 0.416 e. The third kappa shape index (κ3) is 3.06. The molecule has 5 heteroatoms. The van der Waals surface area contributed by atoms with Crippen LogP contribution in [0.15, 0.2) is 24.3 Å². The number of amides is 1. The van der Waals surface area contributed by atoms with Gasteiger partial charge in [-0.05, 0) is 43.0 Å². The van der Waals surface area contributed by atoms with E-state index in [1.807, 2.05) is 0 Å². The number of hydrogen-bond donors (Lipinski definition) is 0. The van der Waals surface area contributed by atoms with Gasteiger partial charge in [-0.3, -0.25) is 4.79 Å². The molecule has 0 spiro atoms. The van der Waals surface area contributed by atoms with Crippen LogP contribution in [0.5, 0.6) is 0 Å². The Morgan fingerprint density at radius 1 is 1.05 bits per heavy atom. The molecule has 2 fully saturated rings. The van der Waals surface area contributed by atoms with E-state index in [9.17, 15) is 18.0 Å². The molecule has 0 aromatic heterocycles. The van der Waals surface area contributed by atoms with Gasteiger partial charge < -0.3 is 4.90 Å². The molecule has 114 valence electrons. The molecule has 3 rings (SSSR count). The second-order valence-electron chi connectivity index (χ2n) is 6.00. The lowest BCUT2D eigenvalue weighted by molar-refractivity contribution is -0.137. The van der Waals surface area contributed by atoms with Crippen molar-refractivity contribution in [1.82, 2.24) is 4.90 Å². The van der Waals surface area contributed by atoms with Gasteiger partial charge in [0.1, 0.15) is 0 Å². The number of alkyl halides is 3. The van der Waals surface area contributed by atoms with E-state index in [-0.39, 0.29) is 5.91 Å². The highest BCUT2D eigenvalue weighted by atomic mass is 19.4. The van der Waals surface area contributed by atoms with Crippen molar-refractivity contribution in [3.05, 3.63) is 35.4 Å². The van der Waals surface area contributed by atoms with Crippen LogP contribution < -0.4 is 0 Å². The predicted octanol–water partition coefficient (Wildman–Crippen LogP) is 4.11. The van der Waals surface area contributed by atoms with E-state index in [0.29, 0.717) is 17.5 Å². The molecule has 0 bridgehead atoms. The van der Waals surface area contributed by atoms with Gasteiger partial charge in [-0.15, -0.1) is 0 Å². The van der Waals surface area contributed by atoms with Gasteiger partial charge in [-0.25, -0.2) is 0 Å². The first kappa shape index (κ1) is 14.4. The molecule has 1 heterocycles. The second-order valence-corrected chi connectivity index (χ2v) is 6.00. The summed E-state index contributed by atoms with van der Waals surface area (Å²) in [6.45, 7) is 0.754. The second kappa shape index (κ2) is 5.35. The summed E-state index contributed by atoms with van der Waals surface area (Å²) >= 11 is 0. The number of carbonyl (C=O) groups is 1. The van der Waals surface area contributed by atoms with Gasteiger partial charge in [-0.1, -0.05) is 19.3 Å². The molecule has 1 atom stereocenters. The van der Waals surface area contributed by atoms with Crippen molar-refractivity contribution in [1.29, 1.82) is 0 Å². The highest BCUT2D eigenvalue weighted by Crippen LogP contribution is 2.37. The van der Waals surface area contributed by atoms with Crippen LogP contribution in [0, 0.1) is 5.92 Å². The zero-order chi connectivity index (χ0) is 15.0. The highest BCUT2D eigenvalue weighted by molar-refractivity contribution is 5.96. The Morgan fingerprint density at radius 3 is 2.24 bits per heavy atom. The van der Waals surface area contributed by atoms with E-state index in [1.165, 1.54) is 44.2 Å². The summed E-state index contributed by atoms with van der Waals surface area (Å²) in [4.78, 5) is 14.1. The molecule has 2 nitrogen and oxygen atoms in total. The van der Waals surface area contributed by atoms with Gasteiger partial charge in [0, 0.05) is 12.1 Å². The van der Waals surface area contributed by atoms with Crippen molar-refractivity contribution in [3.8, 4) is 0 Å². The normalized spacial score (nSPS) is 23.2. The Morgan fingerprint density at radius 2 is 1.67 bits per heavy atom. The lowest BCUT2D eigenvalue weighted by Crippen LogP contribution is -2.21. The van der Waals surface area contributed by atoms with E-state index in [1.54, 1.807) is 4.90 Å². The van der Waals surface area contributed by atoms with Crippen LogP contribution in [-0.4, -0.2) is 23.4 Å². The fourth-order valence-electron chi connectivity index (χ4n) is 3.28. The van der Waals surface area contributed by atoms with Gasteiger partial charge in [0.15, 0.2) is 0 Å². The number of nitrogens with zero attached hydrogens (tertiary/aromatic N) is 1. The summed E-state index contributed by atoms with van der Waals surface area (Å²) < 4.78 is 37.5. The number of carbonyl (C=O) groups excluding carboxylic acids is 1. The van der Waals surface area contributed by atoms with Crippen LogP contribution in [0.2, 0.25) is 0 Å². The van der Waals surface area contributed by atoms with Gasteiger partial charge >= 0.3 is 6.18 Å². The first-order valence-corrected chi connectivity index (χ1v) is 7.45. The van der Waals surface area contributed by atoms with Crippen molar-refractivity contribution in [3.63, 3.8) is 0 Å². The fraction of sp³-hybridized carbons (Fsp3) is 0.562. The van der Waals surface area contributed by atoms with Crippen LogP contribution in [0.3, 0.4) is 0 Å². The van der Waals surface area contributed by atoms with E-state index in [2.05, 4.69) is 0 Å². The van der Waals surface area contributed by atoms with E-state index in [4.69, 9.17) is 0 Å². The average Bonchev–Trinajstić information content (AvgIpc) is 3.27. The minimum absolute atomic E-state index is 0.140. The molecule has 1 aliphatic carbocycles. The zero-order valence-electron chi connectivity index (χ0n) is 11.7. The van der Waals surface area contributed by atoms with Crippen molar-refractivity contribution in [2.24, 2.45) is 5.92 Å². The monoisotopic (exact) mass is 297 g/mol. The van der Waals surface area contributed by atoms with Crippen LogP contribution in [0.4, 0.5) is 13.2 Å². The summed E-state index contributed by atoms with van der Waals surface area (Å²) in [6, 6.07) is 4.82. The van der Waals surface area contributed by atoms with E-state index in [0.717, 1.165) is 18.7 Å². The summed E-state index contributed by atoms with van der Waals surface area (Å²) in [5.74, 6) is 0.441. The standard InChI is InChI=1S/C16H18F3NO/c17-16(18,19)13-8-6-12(7-9-13)15(21)20-10-14(20)11-4-2-1-3-5-11/h6-9,11,14H,1-5,10H2/t14-,20?/m1/s1. The summed E-state index contributed by atoms with van der Waals surface area (Å²) in [6.07, 6.45) is 1.71. The van der Waals surface area contributed by atoms with Gasteiger partial charge in [0.25, 0.3) is 5.91 Å². The topological polar surface area (TPSA) is 20.1 Å². The first-order valence-electron chi connectivity index (χ1n) is 7.45. The number of rotatable bonds is 2. The molecule has 1 aromatic rings. The summed E-state index contributed by atoms with van der Waals surface area (Å²) in [5, 5.41) is 0. The van der Waals surface area contributed by atoms with Gasteiger partial charge in [-0.2, -0.15) is 13.2 Å². The molecule has 21 heavy (non-hydrogen) atoms. The summed E-state index contributed by atoms with van der Waals surface area (Å²) in [7, 11) is 0. The maximum Gasteiger partial charge on any atom is 0.416 e. The van der Waals surface area contributed by atoms with Crippen LogP contribution in [0.1, 0.15) is 48.0 Å². The van der Waals surface area contributed by atoms with E-state index >= 15 is 0 Å². The Labute approximate surface area is 121 Å². The fourth-order valence-corrected chi connectivity index (χ4v) is 3.28. The molecular formula is C16H18F3NO. The van der Waals surface area contributed by atoms with Crippen LogP contribution >= 0.6 is 0 Å². The molecule has 1 aromatic carbocycles. The summed E-state index contributed by atoms with van der Waals surface area (Å²) in [5.41, 5.74) is -0.366. The molecule has 0 radical (unpaired) electrons. The lowest BCUT2D eigenvalue weighted by atomic mass is 9.87. The Bertz CT molecular complexity index is 517. The average molecular weight is 297 g/mol. The predicted molar refractivity (Wildman–Crippen MR) is 72.8 cm³/mol. The molecule has 1 saturated carbocycles. The van der Waals surface area contributed by atoms with Crippen molar-refractivity contribution >= 4 is 5.91 Å². The lowest BCUT2D eigenvalue weighted by Gasteiger charge is -2.21. The Kier molecular flexibility index (Phi) is 3.68. The maximum atomic E-state index is 12.5. The quantitative estimate of drug-likeness (QED) is 0.752. The third-order valence-electron chi connectivity index (χ3n) is 4.56. The maximum absolute atomic E-state index is 12.5. The van der Waals surface area contributed by atoms with Crippen LogP contribution in [-0.2, 0) is 6.18 Å². The molecule has 0 N–H and O–H groups in total. The minimum Gasteiger partial charge on any atom is -0.332 e. The molecule has 0 unspecified atom stereocenters. The number of benzene rings is 1. The minimum atomic E-state index is -4.36. The van der Waals surface area contributed by atoms with Gasteiger partial charge in [0.05, 0.1) is 11.6 Å². The number of hydrogen-bond acceptors (Lipinski definition) is 1. The van der Waals surface area contributed by atoms with Crippen LogP contribution in [0.25, 0.3) is 0 Å². The Hall–Kier alpha value is -1.52. The molecular weight excluding hydrogens is 279 g/mol. The first-order chi connectivity index (χ1) is 9.97. The van der Waals surface area contributed by atoms with Crippen molar-refractivity contribution < 1.29 is 18.0 Å². The molecule has 1 aliphatic heterocycles. The molecule has 1 amide bonds.